The highest BCUT2D eigenvalue weighted by Gasteiger charge is 2.36. The summed E-state index contributed by atoms with van der Waals surface area (Å²) in [6.45, 7) is 6.27. The van der Waals surface area contributed by atoms with Gasteiger partial charge >= 0.3 is 6.01 Å². The van der Waals surface area contributed by atoms with Crippen LogP contribution >= 0.6 is 11.6 Å². The molecule has 2 fully saturated rings. The van der Waals surface area contributed by atoms with Crippen LogP contribution in [0.15, 0.2) is 37.2 Å². The van der Waals surface area contributed by atoms with E-state index < -0.39 is 11.5 Å². The van der Waals surface area contributed by atoms with Gasteiger partial charge in [-0.05, 0) is 38.6 Å². The van der Waals surface area contributed by atoms with Crippen molar-refractivity contribution in [2.75, 3.05) is 57.8 Å². The van der Waals surface area contributed by atoms with Crippen molar-refractivity contribution in [3.8, 4) is 17.6 Å². The van der Waals surface area contributed by atoms with Crippen LogP contribution in [0.1, 0.15) is 12.8 Å². The first-order valence-corrected chi connectivity index (χ1v) is 13.9. The van der Waals surface area contributed by atoms with Crippen LogP contribution in [-0.2, 0) is 4.79 Å². The van der Waals surface area contributed by atoms with Crippen molar-refractivity contribution in [1.29, 1.82) is 0 Å². The number of aromatic amines is 1. The maximum atomic E-state index is 15.6. The fraction of sp³-hybridized carbons (Fsp3) is 0.393. The Labute approximate surface area is 245 Å². The number of rotatable bonds is 7. The molecule has 1 aromatic carbocycles. The number of carbonyl (C=O) groups is 1. The quantitative estimate of drug-likeness (QED) is 0.314. The van der Waals surface area contributed by atoms with E-state index in [9.17, 15) is 9.18 Å². The molecule has 1 N–H and O–H groups in total. The van der Waals surface area contributed by atoms with E-state index in [1.165, 1.54) is 24.5 Å². The van der Waals surface area contributed by atoms with Gasteiger partial charge in [0.2, 0.25) is 11.8 Å². The summed E-state index contributed by atoms with van der Waals surface area (Å²) in [6.07, 6.45) is 5.37. The lowest BCUT2D eigenvalue weighted by atomic mass is 9.96. The van der Waals surface area contributed by atoms with E-state index in [-0.39, 0.29) is 47.2 Å². The van der Waals surface area contributed by atoms with Gasteiger partial charge in [-0.3, -0.25) is 9.89 Å². The molecule has 5 heterocycles. The second-order valence-corrected chi connectivity index (χ2v) is 11.0. The number of aromatic nitrogens is 5. The van der Waals surface area contributed by atoms with Gasteiger partial charge in [0.25, 0.3) is 0 Å². The number of piperidine rings is 1. The van der Waals surface area contributed by atoms with Gasteiger partial charge in [-0.1, -0.05) is 18.2 Å². The Morgan fingerprint density at radius 3 is 2.81 bits per heavy atom. The average molecular weight is 599 g/mol. The number of ether oxygens (including phenoxy) is 2. The van der Waals surface area contributed by atoms with E-state index in [0.717, 1.165) is 6.54 Å². The minimum atomic E-state index is -1.56. The number of hydrogen-bond donors (Lipinski definition) is 1. The zero-order chi connectivity index (χ0) is 29.4. The largest absolute Gasteiger partial charge is 0.460 e. The predicted molar refractivity (Wildman–Crippen MR) is 154 cm³/mol. The van der Waals surface area contributed by atoms with E-state index in [1.54, 1.807) is 11.0 Å². The molecule has 0 bridgehead atoms. The summed E-state index contributed by atoms with van der Waals surface area (Å²) in [6, 6.07) is 2.91. The Hall–Kier alpha value is -4.10. The second-order valence-electron chi connectivity index (χ2n) is 10.6. The molecule has 6 rings (SSSR count). The Bertz CT molecular complexity index is 1660. The molecule has 3 aromatic heterocycles. The van der Waals surface area contributed by atoms with Gasteiger partial charge in [-0.15, -0.1) is 0 Å². The standard InChI is InChI=1S/C28H29ClF2N8O3/c1-3-21(40)38-9-11-39(12-10-38)25-17-5-7-32-26(42-24-18-14-33-36-20(18)13-19(30)22(24)29)23(17)34-27(35-25)41-16-28(31)6-4-8-37(2)15-28/h3,5,7,13-14H,1,4,6,8-12,15-16H2,2H3,(H,33,36)/t28-/m1/s1. The van der Waals surface area contributed by atoms with Crippen LogP contribution in [0, 0.1) is 5.82 Å². The first-order chi connectivity index (χ1) is 20.2. The van der Waals surface area contributed by atoms with E-state index in [0.29, 0.717) is 61.1 Å². The molecule has 4 aromatic rings. The fourth-order valence-electron chi connectivity index (χ4n) is 5.46. The summed E-state index contributed by atoms with van der Waals surface area (Å²) in [5.41, 5.74) is -0.893. The van der Waals surface area contributed by atoms with Crippen molar-refractivity contribution >= 4 is 45.1 Å². The number of nitrogens with one attached hydrogen (secondary N) is 1. The Kier molecular flexibility index (Phi) is 7.54. The van der Waals surface area contributed by atoms with Gasteiger partial charge in [0, 0.05) is 45.0 Å². The number of hydrogen-bond acceptors (Lipinski definition) is 9. The van der Waals surface area contributed by atoms with E-state index in [4.69, 9.17) is 21.1 Å². The molecule has 0 unspecified atom stereocenters. The highest BCUT2D eigenvalue weighted by Crippen LogP contribution is 2.40. The number of alkyl halides is 1. The molecule has 2 aliphatic rings. The van der Waals surface area contributed by atoms with Gasteiger partial charge < -0.3 is 24.2 Å². The average Bonchev–Trinajstić information content (AvgIpc) is 3.46. The maximum absolute atomic E-state index is 15.6. The third kappa shape index (κ3) is 5.41. The Balaban J connectivity index is 1.40. The molecular formula is C28H29ClF2N8O3. The molecule has 0 spiro atoms. The molecule has 42 heavy (non-hydrogen) atoms. The molecule has 2 saturated heterocycles. The fourth-order valence-corrected chi connectivity index (χ4v) is 5.66. The molecule has 220 valence electrons. The molecule has 0 saturated carbocycles. The minimum absolute atomic E-state index is 0.0209. The molecule has 11 nitrogen and oxygen atoms in total. The van der Waals surface area contributed by atoms with Crippen molar-refractivity contribution in [3.63, 3.8) is 0 Å². The normalized spacial score (nSPS) is 19.8. The number of amides is 1. The maximum Gasteiger partial charge on any atom is 0.319 e. The van der Waals surface area contributed by atoms with Gasteiger partial charge in [-0.25, -0.2) is 13.8 Å². The number of halogens is 3. The first kappa shape index (κ1) is 28.0. The summed E-state index contributed by atoms with van der Waals surface area (Å²) < 4.78 is 42.3. The van der Waals surface area contributed by atoms with Gasteiger partial charge in [-0.2, -0.15) is 15.1 Å². The third-order valence-electron chi connectivity index (χ3n) is 7.58. The number of likely N-dealkylation sites (tertiary alicyclic amines) is 1. The highest BCUT2D eigenvalue weighted by molar-refractivity contribution is 6.33. The lowest BCUT2D eigenvalue weighted by Gasteiger charge is -2.36. The van der Waals surface area contributed by atoms with Crippen molar-refractivity contribution in [2.24, 2.45) is 0 Å². The molecule has 0 radical (unpaired) electrons. The number of benzene rings is 1. The topological polar surface area (TPSA) is 113 Å². The molecule has 1 atom stereocenters. The molecular weight excluding hydrogens is 570 g/mol. The molecule has 0 aliphatic carbocycles. The second kappa shape index (κ2) is 11.3. The summed E-state index contributed by atoms with van der Waals surface area (Å²) in [5.74, 6) is -0.272. The number of pyridine rings is 1. The zero-order valence-electron chi connectivity index (χ0n) is 22.9. The van der Waals surface area contributed by atoms with Crippen LogP contribution in [0.25, 0.3) is 21.8 Å². The van der Waals surface area contributed by atoms with Gasteiger partial charge in [0.1, 0.15) is 28.8 Å². The van der Waals surface area contributed by atoms with Crippen molar-refractivity contribution in [2.45, 2.75) is 18.5 Å². The zero-order valence-corrected chi connectivity index (χ0v) is 23.7. The lowest BCUT2D eigenvalue weighted by molar-refractivity contribution is -0.126. The van der Waals surface area contributed by atoms with Crippen LogP contribution in [0.2, 0.25) is 5.02 Å². The van der Waals surface area contributed by atoms with Crippen LogP contribution in [-0.4, -0.2) is 99.4 Å². The summed E-state index contributed by atoms with van der Waals surface area (Å²) in [5, 5.41) is 7.47. The summed E-state index contributed by atoms with van der Waals surface area (Å²) in [7, 11) is 1.87. The smallest absolute Gasteiger partial charge is 0.319 e. The van der Waals surface area contributed by atoms with Crippen LogP contribution in [0.5, 0.6) is 17.6 Å². The highest BCUT2D eigenvalue weighted by atomic mass is 35.5. The number of nitrogens with zero attached hydrogens (tertiary/aromatic N) is 7. The number of H-pyrrole nitrogens is 1. The predicted octanol–water partition coefficient (Wildman–Crippen LogP) is 4.13. The monoisotopic (exact) mass is 598 g/mol. The van der Waals surface area contributed by atoms with Crippen LogP contribution < -0.4 is 14.4 Å². The number of fused-ring (bicyclic) bond motifs is 2. The number of carbonyl (C=O) groups excluding carboxylic acids is 1. The molecule has 1 amide bonds. The Morgan fingerprint density at radius 2 is 2.05 bits per heavy atom. The molecule has 2 aliphatic heterocycles. The lowest BCUT2D eigenvalue weighted by Crippen LogP contribution is -2.48. The van der Waals surface area contributed by atoms with Crippen molar-refractivity contribution in [1.82, 2.24) is 34.9 Å². The van der Waals surface area contributed by atoms with E-state index in [2.05, 4.69) is 31.7 Å². The molecule has 14 heteroatoms. The number of piperazine rings is 1. The van der Waals surface area contributed by atoms with E-state index in [1.807, 2.05) is 16.8 Å². The van der Waals surface area contributed by atoms with Crippen LogP contribution in [0.4, 0.5) is 14.6 Å². The van der Waals surface area contributed by atoms with E-state index >= 15 is 4.39 Å². The van der Waals surface area contributed by atoms with Gasteiger partial charge in [0.15, 0.2) is 11.4 Å². The van der Waals surface area contributed by atoms with Crippen molar-refractivity contribution < 1.29 is 23.0 Å². The Morgan fingerprint density at radius 1 is 1.24 bits per heavy atom. The summed E-state index contributed by atoms with van der Waals surface area (Å²) >= 11 is 6.31. The van der Waals surface area contributed by atoms with Crippen LogP contribution in [0.3, 0.4) is 0 Å². The third-order valence-corrected chi connectivity index (χ3v) is 7.93. The minimum Gasteiger partial charge on any atom is -0.460 e. The SMILES string of the molecule is C=CC(=O)N1CCN(c2nc(OC[C@@]3(F)CCCN(C)C3)nc3c(Oc4c(Cl)c(F)cc5[nH]ncc45)nccc23)CC1. The van der Waals surface area contributed by atoms with Crippen molar-refractivity contribution in [3.05, 3.63) is 48.0 Å². The van der Waals surface area contributed by atoms with Gasteiger partial charge in [0.05, 0.1) is 22.5 Å². The number of anilines is 1. The summed E-state index contributed by atoms with van der Waals surface area (Å²) in [4.78, 5) is 31.4. The first-order valence-electron chi connectivity index (χ1n) is 13.6.